The molecule has 56 valence electrons. The van der Waals surface area contributed by atoms with Gasteiger partial charge in [-0.3, -0.25) is 0 Å². The molecule has 0 fully saturated rings. The van der Waals surface area contributed by atoms with Crippen molar-refractivity contribution in [3.05, 3.63) is 28.2 Å². The molecule has 2 nitrogen and oxygen atoms in total. The van der Waals surface area contributed by atoms with E-state index in [-0.39, 0.29) is 0 Å². The maximum Gasteiger partial charge on any atom is 0.162 e. The Bertz CT molecular complexity index is 309. The molecule has 0 atom stereocenters. The Labute approximate surface area is 73.0 Å². The third kappa shape index (κ3) is 1.28. The highest BCUT2D eigenvalue weighted by Crippen LogP contribution is 2.25. The van der Waals surface area contributed by atoms with E-state index >= 15 is 0 Å². The predicted octanol–water partition coefficient (Wildman–Crippen LogP) is 2.37. The van der Waals surface area contributed by atoms with Gasteiger partial charge in [0.15, 0.2) is 5.75 Å². The molecule has 0 N–H and O–H groups in total. The monoisotopic (exact) mass is 211 g/mol. The molecule has 0 radical (unpaired) electrons. The minimum atomic E-state index is 0.849. The van der Waals surface area contributed by atoms with Crippen molar-refractivity contribution in [2.75, 3.05) is 0 Å². The number of oxime groups is 1. The smallest absolute Gasteiger partial charge is 0.162 e. The van der Waals surface area contributed by atoms with Gasteiger partial charge in [0, 0.05) is 22.7 Å². The van der Waals surface area contributed by atoms with Gasteiger partial charge in [0.25, 0.3) is 0 Å². The summed E-state index contributed by atoms with van der Waals surface area (Å²) in [4.78, 5) is 5.04. The average Bonchev–Trinajstić information content (AvgIpc) is 2.04. The lowest BCUT2D eigenvalue weighted by Crippen LogP contribution is -1.99. The lowest BCUT2D eigenvalue weighted by molar-refractivity contribution is 0.333. The quantitative estimate of drug-likeness (QED) is 0.646. The molecule has 1 aliphatic heterocycles. The van der Waals surface area contributed by atoms with E-state index in [1.165, 1.54) is 5.56 Å². The van der Waals surface area contributed by atoms with Gasteiger partial charge in [0.2, 0.25) is 0 Å². The van der Waals surface area contributed by atoms with Crippen molar-refractivity contribution >= 4 is 22.1 Å². The minimum Gasteiger partial charge on any atom is -0.357 e. The second kappa shape index (κ2) is 2.66. The highest BCUT2D eigenvalue weighted by Gasteiger charge is 2.06. The molecule has 1 aromatic carbocycles. The predicted molar refractivity (Wildman–Crippen MR) is 47.0 cm³/mol. The standard InChI is InChI=1S/C8H6BrNO/c9-7-2-1-6-3-4-10-11-8(6)5-7/h1-2,4-5H,3H2. The van der Waals surface area contributed by atoms with Gasteiger partial charge in [-0.15, -0.1) is 0 Å². The molecule has 1 aliphatic rings. The molecular formula is C8H6BrNO. The van der Waals surface area contributed by atoms with Crippen molar-refractivity contribution in [3.63, 3.8) is 0 Å². The first kappa shape index (κ1) is 6.85. The summed E-state index contributed by atoms with van der Waals surface area (Å²) in [5.74, 6) is 0.849. The van der Waals surface area contributed by atoms with Crippen LogP contribution < -0.4 is 4.84 Å². The minimum absolute atomic E-state index is 0.849. The van der Waals surface area contributed by atoms with Crippen molar-refractivity contribution in [2.45, 2.75) is 6.42 Å². The van der Waals surface area contributed by atoms with Gasteiger partial charge in [-0.25, -0.2) is 0 Å². The lowest BCUT2D eigenvalue weighted by Gasteiger charge is -2.08. The molecule has 0 spiro atoms. The molecule has 0 saturated carbocycles. The first-order chi connectivity index (χ1) is 5.36. The summed E-state index contributed by atoms with van der Waals surface area (Å²) in [7, 11) is 0. The zero-order valence-electron chi connectivity index (χ0n) is 5.75. The third-order valence-corrected chi connectivity index (χ3v) is 2.06. The van der Waals surface area contributed by atoms with E-state index in [0.29, 0.717) is 0 Å². The molecule has 2 rings (SSSR count). The molecule has 0 aromatic heterocycles. The van der Waals surface area contributed by atoms with Crippen LogP contribution in [0.25, 0.3) is 0 Å². The third-order valence-electron chi connectivity index (χ3n) is 1.57. The summed E-state index contributed by atoms with van der Waals surface area (Å²) in [6.07, 6.45) is 2.62. The van der Waals surface area contributed by atoms with Crippen LogP contribution >= 0.6 is 15.9 Å². The van der Waals surface area contributed by atoms with Crippen molar-refractivity contribution in [1.82, 2.24) is 0 Å². The molecule has 3 heteroatoms. The van der Waals surface area contributed by atoms with Crippen LogP contribution in [-0.4, -0.2) is 6.21 Å². The molecule has 0 unspecified atom stereocenters. The molecule has 1 aromatic rings. The van der Waals surface area contributed by atoms with Gasteiger partial charge in [-0.2, -0.15) is 0 Å². The zero-order valence-corrected chi connectivity index (χ0v) is 7.34. The number of hydrogen-bond acceptors (Lipinski definition) is 2. The molecule has 0 aliphatic carbocycles. The first-order valence-electron chi connectivity index (χ1n) is 3.33. The largest absolute Gasteiger partial charge is 0.357 e. The lowest BCUT2D eigenvalue weighted by atomic mass is 10.1. The van der Waals surface area contributed by atoms with Gasteiger partial charge in [-0.1, -0.05) is 27.2 Å². The van der Waals surface area contributed by atoms with E-state index in [4.69, 9.17) is 4.84 Å². The summed E-state index contributed by atoms with van der Waals surface area (Å²) in [5.41, 5.74) is 1.18. The molecule has 0 amide bonds. The highest BCUT2D eigenvalue weighted by molar-refractivity contribution is 9.10. The first-order valence-corrected chi connectivity index (χ1v) is 4.13. The number of benzene rings is 1. The fraction of sp³-hybridized carbons (Fsp3) is 0.125. The maximum atomic E-state index is 5.04. The number of hydrogen-bond donors (Lipinski definition) is 0. The van der Waals surface area contributed by atoms with Gasteiger partial charge in [0.05, 0.1) is 0 Å². The van der Waals surface area contributed by atoms with E-state index in [1.54, 1.807) is 6.21 Å². The Kier molecular flexibility index (Phi) is 1.66. The molecule has 1 heterocycles. The van der Waals surface area contributed by atoms with Crippen LogP contribution in [0.4, 0.5) is 0 Å². The molecular weight excluding hydrogens is 206 g/mol. The number of halogens is 1. The molecule has 0 bridgehead atoms. The van der Waals surface area contributed by atoms with Crippen molar-refractivity contribution in [2.24, 2.45) is 5.16 Å². The topological polar surface area (TPSA) is 21.6 Å². The molecule has 0 saturated heterocycles. The van der Waals surface area contributed by atoms with Crippen LogP contribution in [0, 0.1) is 0 Å². The molecule has 11 heavy (non-hydrogen) atoms. The highest BCUT2D eigenvalue weighted by atomic mass is 79.9. The Morgan fingerprint density at radius 3 is 3.27 bits per heavy atom. The van der Waals surface area contributed by atoms with E-state index < -0.39 is 0 Å². The van der Waals surface area contributed by atoms with E-state index in [0.717, 1.165) is 16.6 Å². The van der Waals surface area contributed by atoms with E-state index in [2.05, 4.69) is 21.1 Å². The van der Waals surface area contributed by atoms with Crippen LogP contribution in [0.5, 0.6) is 5.75 Å². The second-order valence-electron chi connectivity index (χ2n) is 2.34. The summed E-state index contributed by atoms with van der Waals surface area (Å²) >= 11 is 3.36. The fourth-order valence-electron chi connectivity index (χ4n) is 1.01. The Morgan fingerprint density at radius 1 is 1.45 bits per heavy atom. The van der Waals surface area contributed by atoms with Crippen LogP contribution in [0.1, 0.15) is 5.56 Å². The fourth-order valence-corrected chi connectivity index (χ4v) is 1.35. The maximum absolute atomic E-state index is 5.04. The summed E-state index contributed by atoms with van der Waals surface area (Å²) in [6, 6.07) is 5.96. The number of fused-ring (bicyclic) bond motifs is 1. The van der Waals surface area contributed by atoms with Gasteiger partial charge in [-0.05, 0) is 12.1 Å². The van der Waals surface area contributed by atoms with E-state index in [1.807, 2.05) is 18.2 Å². The number of nitrogens with zero attached hydrogens (tertiary/aromatic N) is 1. The van der Waals surface area contributed by atoms with Gasteiger partial charge < -0.3 is 4.84 Å². The van der Waals surface area contributed by atoms with Crippen LogP contribution in [0.15, 0.2) is 27.8 Å². The van der Waals surface area contributed by atoms with Gasteiger partial charge in [0.1, 0.15) is 0 Å². The Balaban J connectivity index is 2.48. The van der Waals surface area contributed by atoms with Crippen molar-refractivity contribution in [3.8, 4) is 5.75 Å². The number of rotatable bonds is 0. The van der Waals surface area contributed by atoms with Gasteiger partial charge >= 0.3 is 0 Å². The van der Waals surface area contributed by atoms with Crippen molar-refractivity contribution < 1.29 is 4.84 Å². The van der Waals surface area contributed by atoms with Crippen LogP contribution in [-0.2, 0) is 6.42 Å². The summed E-state index contributed by atoms with van der Waals surface area (Å²) in [5, 5.41) is 3.71. The van der Waals surface area contributed by atoms with Crippen LogP contribution in [0.3, 0.4) is 0 Å². The van der Waals surface area contributed by atoms with Crippen LogP contribution in [0.2, 0.25) is 0 Å². The SMILES string of the molecule is Brc1ccc2c(c1)ON=CC2. The Morgan fingerprint density at radius 2 is 2.36 bits per heavy atom. The van der Waals surface area contributed by atoms with E-state index in [9.17, 15) is 0 Å². The normalized spacial score (nSPS) is 13.9. The second-order valence-corrected chi connectivity index (χ2v) is 3.25. The summed E-state index contributed by atoms with van der Waals surface area (Å²) in [6.45, 7) is 0. The van der Waals surface area contributed by atoms with Crippen molar-refractivity contribution in [1.29, 1.82) is 0 Å². The zero-order chi connectivity index (χ0) is 7.68. The average molecular weight is 212 g/mol. The Hall–Kier alpha value is -0.830. The summed E-state index contributed by atoms with van der Waals surface area (Å²) < 4.78 is 1.02.